The molecule has 1 fully saturated rings. The highest BCUT2D eigenvalue weighted by atomic mass is 16.2. The van der Waals surface area contributed by atoms with Crippen molar-refractivity contribution in [2.75, 3.05) is 20.1 Å². The third-order valence-corrected chi connectivity index (χ3v) is 3.97. The molecule has 2 atom stereocenters. The lowest BCUT2D eigenvalue weighted by Gasteiger charge is -2.33. The molecule has 0 bridgehead atoms. The zero-order valence-corrected chi connectivity index (χ0v) is 12.4. The molecule has 1 aliphatic heterocycles. The van der Waals surface area contributed by atoms with Crippen LogP contribution in [0.4, 0.5) is 0 Å². The quantitative estimate of drug-likeness (QED) is 0.849. The molecule has 0 aromatic heterocycles. The number of nitrogens with two attached hydrogens (primary N) is 1. The van der Waals surface area contributed by atoms with E-state index in [0.717, 1.165) is 18.4 Å². The zero-order valence-electron chi connectivity index (χ0n) is 12.4. The van der Waals surface area contributed by atoms with Crippen LogP contribution in [0.3, 0.4) is 0 Å². The fourth-order valence-electron chi connectivity index (χ4n) is 2.79. The van der Waals surface area contributed by atoms with Gasteiger partial charge in [-0.25, -0.2) is 0 Å². The summed E-state index contributed by atoms with van der Waals surface area (Å²) in [5.41, 5.74) is 7.10. The predicted molar refractivity (Wildman–Crippen MR) is 81.5 cm³/mol. The number of piperidine rings is 1. The Morgan fingerprint density at radius 3 is 2.76 bits per heavy atom. The van der Waals surface area contributed by atoms with Gasteiger partial charge in [0.25, 0.3) is 0 Å². The van der Waals surface area contributed by atoms with Crippen molar-refractivity contribution in [3.63, 3.8) is 0 Å². The summed E-state index contributed by atoms with van der Waals surface area (Å²) >= 11 is 0. The molecule has 0 spiro atoms. The van der Waals surface area contributed by atoms with Crippen molar-refractivity contribution in [3.8, 4) is 0 Å². The minimum atomic E-state index is -0.546. The Bertz CT molecular complexity index is 490. The molecule has 5 heteroatoms. The van der Waals surface area contributed by atoms with E-state index in [9.17, 15) is 9.59 Å². The SMILES string of the molecule is CNC(=O)[C@H]1CCCN(C(=O)[C@@H](N)Cc2ccccc2)C1. The maximum atomic E-state index is 12.4. The maximum Gasteiger partial charge on any atom is 0.239 e. The number of hydrogen-bond acceptors (Lipinski definition) is 3. The van der Waals surface area contributed by atoms with Crippen molar-refractivity contribution in [3.05, 3.63) is 35.9 Å². The minimum Gasteiger partial charge on any atom is -0.359 e. The van der Waals surface area contributed by atoms with Crippen LogP contribution in [-0.2, 0) is 16.0 Å². The van der Waals surface area contributed by atoms with Crippen LogP contribution in [0.1, 0.15) is 18.4 Å². The first-order valence-corrected chi connectivity index (χ1v) is 7.41. The fourth-order valence-corrected chi connectivity index (χ4v) is 2.79. The normalized spacial score (nSPS) is 19.9. The van der Waals surface area contributed by atoms with Crippen molar-refractivity contribution >= 4 is 11.8 Å². The van der Waals surface area contributed by atoms with E-state index in [1.165, 1.54) is 0 Å². The van der Waals surface area contributed by atoms with Crippen molar-refractivity contribution in [1.29, 1.82) is 0 Å². The van der Waals surface area contributed by atoms with E-state index >= 15 is 0 Å². The third-order valence-electron chi connectivity index (χ3n) is 3.97. The Labute approximate surface area is 125 Å². The largest absolute Gasteiger partial charge is 0.359 e. The highest BCUT2D eigenvalue weighted by molar-refractivity contribution is 5.84. The van der Waals surface area contributed by atoms with Crippen LogP contribution in [0.5, 0.6) is 0 Å². The highest BCUT2D eigenvalue weighted by Gasteiger charge is 2.30. The second kappa shape index (κ2) is 7.22. The van der Waals surface area contributed by atoms with E-state index in [1.54, 1.807) is 11.9 Å². The number of rotatable bonds is 4. The summed E-state index contributed by atoms with van der Waals surface area (Å²) in [6.07, 6.45) is 2.21. The lowest BCUT2D eigenvalue weighted by atomic mass is 9.96. The topological polar surface area (TPSA) is 75.4 Å². The third kappa shape index (κ3) is 4.04. The summed E-state index contributed by atoms with van der Waals surface area (Å²) in [6.45, 7) is 1.16. The Morgan fingerprint density at radius 2 is 2.10 bits per heavy atom. The smallest absolute Gasteiger partial charge is 0.239 e. The van der Waals surface area contributed by atoms with E-state index in [2.05, 4.69) is 5.32 Å². The van der Waals surface area contributed by atoms with Gasteiger partial charge in [-0.05, 0) is 24.8 Å². The Balaban J connectivity index is 1.94. The number of carbonyl (C=O) groups is 2. The van der Waals surface area contributed by atoms with Crippen molar-refractivity contribution in [1.82, 2.24) is 10.2 Å². The van der Waals surface area contributed by atoms with Gasteiger partial charge in [-0.1, -0.05) is 30.3 Å². The van der Waals surface area contributed by atoms with E-state index in [-0.39, 0.29) is 17.7 Å². The molecule has 21 heavy (non-hydrogen) atoms. The lowest BCUT2D eigenvalue weighted by Crippen LogP contribution is -2.50. The predicted octanol–water partition coefficient (Wildman–Crippen LogP) is 0.541. The molecular weight excluding hydrogens is 266 g/mol. The molecule has 2 rings (SSSR count). The Hall–Kier alpha value is -1.88. The van der Waals surface area contributed by atoms with Gasteiger partial charge in [0.05, 0.1) is 12.0 Å². The van der Waals surface area contributed by atoms with Crippen molar-refractivity contribution in [2.45, 2.75) is 25.3 Å². The second-order valence-electron chi connectivity index (χ2n) is 5.53. The number of likely N-dealkylation sites (tertiary alicyclic amines) is 1. The molecule has 5 nitrogen and oxygen atoms in total. The van der Waals surface area contributed by atoms with E-state index in [0.29, 0.717) is 19.5 Å². The standard InChI is InChI=1S/C16H23N3O2/c1-18-15(20)13-8-5-9-19(11-13)16(21)14(17)10-12-6-3-2-4-7-12/h2-4,6-7,13-14H,5,8-11,17H2,1H3,(H,18,20)/t13-,14-/m0/s1. The number of hydrogen-bond donors (Lipinski definition) is 2. The first kappa shape index (κ1) is 15.5. The molecule has 1 saturated heterocycles. The number of nitrogens with one attached hydrogen (secondary N) is 1. The molecule has 0 unspecified atom stereocenters. The van der Waals surface area contributed by atoms with Gasteiger partial charge in [-0.15, -0.1) is 0 Å². The maximum absolute atomic E-state index is 12.4. The number of benzene rings is 1. The second-order valence-corrected chi connectivity index (χ2v) is 5.53. The van der Waals surface area contributed by atoms with Gasteiger partial charge in [0.2, 0.25) is 11.8 Å². The van der Waals surface area contributed by atoms with Crippen LogP contribution in [0.2, 0.25) is 0 Å². The molecule has 0 saturated carbocycles. The Kier molecular flexibility index (Phi) is 5.33. The fraction of sp³-hybridized carbons (Fsp3) is 0.500. The molecule has 1 aromatic rings. The minimum absolute atomic E-state index is 0.00382. The van der Waals surface area contributed by atoms with Gasteiger partial charge in [-0.2, -0.15) is 0 Å². The number of amides is 2. The zero-order chi connectivity index (χ0) is 15.2. The van der Waals surface area contributed by atoms with E-state index in [1.807, 2.05) is 30.3 Å². The van der Waals surface area contributed by atoms with Gasteiger partial charge in [-0.3, -0.25) is 9.59 Å². The summed E-state index contributed by atoms with van der Waals surface area (Å²) in [5.74, 6) is -0.173. The highest BCUT2D eigenvalue weighted by Crippen LogP contribution is 2.17. The van der Waals surface area contributed by atoms with Crippen LogP contribution < -0.4 is 11.1 Å². The van der Waals surface area contributed by atoms with Crippen LogP contribution >= 0.6 is 0 Å². The first-order chi connectivity index (χ1) is 10.1. The van der Waals surface area contributed by atoms with Gasteiger partial charge in [0.1, 0.15) is 0 Å². The Morgan fingerprint density at radius 1 is 1.38 bits per heavy atom. The van der Waals surface area contributed by atoms with Crippen molar-refractivity contribution in [2.24, 2.45) is 11.7 Å². The summed E-state index contributed by atoms with van der Waals surface area (Å²) in [7, 11) is 1.63. The van der Waals surface area contributed by atoms with Crippen LogP contribution in [0.25, 0.3) is 0 Å². The van der Waals surface area contributed by atoms with E-state index < -0.39 is 6.04 Å². The van der Waals surface area contributed by atoms with Gasteiger partial charge < -0.3 is 16.0 Å². The molecule has 114 valence electrons. The van der Waals surface area contributed by atoms with Gasteiger partial charge in [0, 0.05) is 20.1 Å². The molecule has 0 aliphatic carbocycles. The van der Waals surface area contributed by atoms with Crippen molar-refractivity contribution < 1.29 is 9.59 Å². The van der Waals surface area contributed by atoms with E-state index in [4.69, 9.17) is 5.73 Å². The number of carbonyl (C=O) groups excluding carboxylic acids is 2. The summed E-state index contributed by atoms with van der Waals surface area (Å²) in [5, 5.41) is 2.66. The van der Waals surface area contributed by atoms with Gasteiger partial charge in [0.15, 0.2) is 0 Å². The molecule has 1 aliphatic rings. The monoisotopic (exact) mass is 289 g/mol. The average molecular weight is 289 g/mol. The van der Waals surface area contributed by atoms with Crippen LogP contribution in [0.15, 0.2) is 30.3 Å². The summed E-state index contributed by atoms with van der Waals surface area (Å²) < 4.78 is 0. The first-order valence-electron chi connectivity index (χ1n) is 7.41. The number of nitrogens with zero attached hydrogens (tertiary/aromatic N) is 1. The summed E-state index contributed by atoms with van der Waals surface area (Å²) in [6, 6.07) is 9.21. The lowest BCUT2D eigenvalue weighted by molar-refractivity contribution is -0.136. The van der Waals surface area contributed by atoms with Crippen LogP contribution in [0, 0.1) is 5.92 Å². The van der Waals surface area contributed by atoms with Gasteiger partial charge >= 0.3 is 0 Å². The molecule has 2 amide bonds. The molecule has 0 radical (unpaired) electrons. The summed E-state index contributed by atoms with van der Waals surface area (Å²) in [4.78, 5) is 25.9. The molecular formula is C16H23N3O2. The molecule has 3 N–H and O–H groups in total. The molecule has 1 heterocycles. The molecule has 1 aromatic carbocycles. The average Bonchev–Trinajstić information content (AvgIpc) is 2.54. The van der Waals surface area contributed by atoms with Crippen LogP contribution in [-0.4, -0.2) is 42.9 Å².